The van der Waals surface area contributed by atoms with Gasteiger partial charge in [-0.2, -0.15) is 0 Å². The molecule has 1 aromatic rings. The molecule has 4 heterocycles. The summed E-state index contributed by atoms with van der Waals surface area (Å²) in [6, 6.07) is 4.15. The molecular formula is C22H33F2N5O. The molecule has 0 aromatic carbocycles. The first-order chi connectivity index (χ1) is 14.5. The first kappa shape index (κ1) is 20.4. The van der Waals surface area contributed by atoms with Crippen molar-refractivity contribution in [3.05, 3.63) is 12.1 Å². The van der Waals surface area contributed by atoms with Crippen molar-refractivity contribution in [3.8, 4) is 0 Å². The molecule has 4 fully saturated rings. The Morgan fingerprint density at radius 1 is 1.10 bits per heavy atom. The third-order valence-electron chi connectivity index (χ3n) is 7.40. The van der Waals surface area contributed by atoms with Gasteiger partial charge in [0.2, 0.25) is 0 Å². The van der Waals surface area contributed by atoms with E-state index in [4.69, 9.17) is 4.74 Å². The highest BCUT2D eigenvalue weighted by Gasteiger charge is 2.41. The van der Waals surface area contributed by atoms with Crippen molar-refractivity contribution in [2.75, 3.05) is 56.2 Å². The molecule has 3 aliphatic heterocycles. The lowest BCUT2D eigenvalue weighted by Crippen LogP contribution is -2.43. The van der Waals surface area contributed by atoms with Gasteiger partial charge in [-0.1, -0.05) is 0 Å². The molecule has 1 unspecified atom stereocenters. The predicted molar refractivity (Wildman–Crippen MR) is 112 cm³/mol. The van der Waals surface area contributed by atoms with Crippen molar-refractivity contribution in [2.24, 2.45) is 17.8 Å². The first-order valence-corrected chi connectivity index (χ1v) is 11.6. The maximum atomic E-state index is 13.7. The van der Waals surface area contributed by atoms with Crippen LogP contribution in [0.4, 0.5) is 20.4 Å². The number of piperidine rings is 1. The van der Waals surface area contributed by atoms with Gasteiger partial charge in [-0.05, 0) is 62.0 Å². The monoisotopic (exact) mass is 421 g/mol. The van der Waals surface area contributed by atoms with Crippen LogP contribution in [0.15, 0.2) is 12.1 Å². The van der Waals surface area contributed by atoms with E-state index >= 15 is 0 Å². The zero-order valence-electron chi connectivity index (χ0n) is 17.6. The van der Waals surface area contributed by atoms with Crippen molar-refractivity contribution >= 4 is 11.6 Å². The van der Waals surface area contributed by atoms with Gasteiger partial charge in [0.1, 0.15) is 5.82 Å². The van der Waals surface area contributed by atoms with E-state index < -0.39 is 5.92 Å². The van der Waals surface area contributed by atoms with Crippen LogP contribution < -0.4 is 10.2 Å². The normalized spacial score (nSPS) is 32.3. The van der Waals surface area contributed by atoms with Gasteiger partial charge in [0, 0.05) is 51.9 Å². The van der Waals surface area contributed by atoms with Crippen molar-refractivity contribution in [3.63, 3.8) is 0 Å². The van der Waals surface area contributed by atoms with Crippen molar-refractivity contribution in [1.29, 1.82) is 0 Å². The molecule has 30 heavy (non-hydrogen) atoms. The fourth-order valence-electron chi connectivity index (χ4n) is 5.90. The molecule has 0 bridgehead atoms. The van der Waals surface area contributed by atoms with E-state index in [0.717, 1.165) is 36.8 Å². The van der Waals surface area contributed by atoms with Crippen molar-refractivity contribution in [2.45, 2.75) is 50.5 Å². The highest BCUT2D eigenvalue weighted by molar-refractivity contribution is 5.44. The first-order valence-electron chi connectivity index (χ1n) is 11.6. The molecule has 5 rings (SSSR count). The molecule has 0 spiro atoms. The highest BCUT2D eigenvalue weighted by Crippen LogP contribution is 2.39. The van der Waals surface area contributed by atoms with E-state index in [9.17, 15) is 8.78 Å². The topological polar surface area (TPSA) is 53.5 Å². The number of likely N-dealkylation sites (tertiary alicyclic amines) is 1. The van der Waals surface area contributed by atoms with Crippen molar-refractivity contribution in [1.82, 2.24) is 15.1 Å². The molecule has 3 atom stereocenters. The largest absolute Gasteiger partial charge is 0.381 e. The molecule has 6 nitrogen and oxygen atoms in total. The summed E-state index contributed by atoms with van der Waals surface area (Å²) in [6.45, 7) is 5.88. The van der Waals surface area contributed by atoms with Crippen LogP contribution in [0, 0.1) is 17.8 Å². The lowest BCUT2D eigenvalue weighted by molar-refractivity contribution is -0.0118. The zero-order chi connectivity index (χ0) is 20.6. The third-order valence-corrected chi connectivity index (χ3v) is 7.40. The van der Waals surface area contributed by atoms with Crippen LogP contribution in [-0.4, -0.2) is 73.0 Å². The molecule has 1 aliphatic carbocycles. The lowest BCUT2D eigenvalue weighted by Gasteiger charge is -2.32. The fraction of sp³-hybridized carbons (Fsp3) is 0.818. The van der Waals surface area contributed by atoms with Crippen molar-refractivity contribution < 1.29 is 13.5 Å². The van der Waals surface area contributed by atoms with E-state index in [-0.39, 0.29) is 13.0 Å². The molecule has 1 aromatic heterocycles. The Hall–Kier alpha value is -1.54. The number of nitrogens with zero attached hydrogens (tertiary/aromatic N) is 4. The van der Waals surface area contributed by atoms with E-state index in [1.54, 1.807) is 4.90 Å². The summed E-state index contributed by atoms with van der Waals surface area (Å²) in [5.41, 5.74) is 0. The molecule has 1 saturated carbocycles. The Balaban J connectivity index is 1.10. The third kappa shape index (κ3) is 4.69. The van der Waals surface area contributed by atoms with E-state index in [1.807, 2.05) is 12.1 Å². The molecular weight excluding hydrogens is 388 g/mol. The van der Waals surface area contributed by atoms with E-state index in [1.165, 1.54) is 45.3 Å². The highest BCUT2D eigenvalue weighted by atomic mass is 19.3. The molecule has 4 aliphatic rings. The van der Waals surface area contributed by atoms with Crippen LogP contribution in [-0.2, 0) is 4.74 Å². The summed E-state index contributed by atoms with van der Waals surface area (Å²) in [6.07, 6.45) is 5.23. The minimum Gasteiger partial charge on any atom is -0.381 e. The van der Waals surface area contributed by atoms with E-state index in [2.05, 4.69) is 20.4 Å². The van der Waals surface area contributed by atoms with Gasteiger partial charge < -0.3 is 19.9 Å². The van der Waals surface area contributed by atoms with Gasteiger partial charge >= 0.3 is 0 Å². The van der Waals surface area contributed by atoms with Gasteiger partial charge in [-0.15, -0.1) is 10.2 Å². The van der Waals surface area contributed by atoms with Crippen LogP contribution >= 0.6 is 0 Å². The number of hydrogen-bond acceptors (Lipinski definition) is 6. The summed E-state index contributed by atoms with van der Waals surface area (Å²) >= 11 is 0. The average molecular weight is 422 g/mol. The number of ether oxygens (including phenoxy) is 1. The lowest BCUT2D eigenvalue weighted by atomic mass is 10.00. The maximum absolute atomic E-state index is 13.7. The Bertz CT molecular complexity index is 698. The Morgan fingerprint density at radius 3 is 2.53 bits per heavy atom. The second-order valence-corrected chi connectivity index (χ2v) is 9.76. The average Bonchev–Trinajstić information content (AvgIpc) is 3.26. The predicted octanol–water partition coefficient (Wildman–Crippen LogP) is 3.26. The fourth-order valence-corrected chi connectivity index (χ4v) is 5.90. The van der Waals surface area contributed by atoms with Crippen LogP contribution in [0.25, 0.3) is 0 Å². The van der Waals surface area contributed by atoms with Gasteiger partial charge in [-0.25, -0.2) is 8.78 Å². The van der Waals surface area contributed by atoms with Crippen LogP contribution in [0.5, 0.6) is 0 Å². The van der Waals surface area contributed by atoms with Gasteiger partial charge in [0.15, 0.2) is 5.82 Å². The van der Waals surface area contributed by atoms with Crippen LogP contribution in [0.3, 0.4) is 0 Å². The smallest absolute Gasteiger partial charge is 0.265 e. The summed E-state index contributed by atoms with van der Waals surface area (Å²) in [4.78, 5) is 4.32. The Morgan fingerprint density at radius 2 is 1.87 bits per heavy atom. The quantitative estimate of drug-likeness (QED) is 0.788. The zero-order valence-corrected chi connectivity index (χ0v) is 17.6. The minimum absolute atomic E-state index is 0.0346. The second kappa shape index (κ2) is 8.54. The molecule has 3 saturated heterocycles. The second-order valence-electron chi connectivity index (χ2n) is 9.76. The molecule has 0 amide bonds. The Labute approximate surface area is 177 Å². The number of anilines is 2. The number of fused-ring (bicyclic) bond motifs is 1. The maximum Gasteiger partial charge on any atom is 0.265 e. The van der Waals surface area contributed by atoms with Crippen LogP contribution in [0.2, 0.25) is 0 Å². The number of nitrogens with one attached hydrogen (secondary N) is 1. The number of hydrogen-bond donors (Lipinski definition) is 1. The van der Waals surface area contributed by atoms with Gasteiger partial charge in [-0.3, -0.25) is 0 Å². The van der Waals surface area contributed by atoms with Gasteiger partial charge in [0.25, 0.3) is 5.92 Å². The molecule has 1 N–H and O–H groups in total. The SMILES string of the molecule is FC1(F)CCCN(c2ccc(NC3C[C@@H]4CN(CC5CCOCC5)C[C@@H]4C3)nn2)C1. The van der Waals surface area contributed by atoms with Gasteiger partial charge in [0.05, 0.1) is 6.54 Å². The number of aromatic nitrogens is 2. The summed E-state index contributed by atoms with van der Waals surface area (Å²) in [5.74, 6) is 1.02. The Kier molecular flexibility index (Phi) is 5.79. The summed E-state index contributed by atoms with van der Waals surface area (Å²) in [5, 5.41) is 12.0. The molecule has 166 valence electrons. The van der Waals surface area contributed by atoms with E-state index in [0.29, 0.717) is 24.8 Å². The van der Waals surface area contributed by atoms with Crippen LogP contribution in [0.1, 0.15) is 38.5 Å². The number of alkyl halides is 2. The molecule has 8 heteroatoms. The molecule has 0 radical (unpaired) electrons. The standard InChI is InChI=1S/C22H33F2N5O/c23-22(24)6-1-7-29(15-22)21-3-2-20(26-27-21)25-19-10-17-13-28(14-18(17)11-19)12-16-4-8-30-9-5-16/h2-3,16-19H,1,4-15H2,(H,25,26)/t17-,18+,19?. The summed E-state index contributed by atoms with van der Waals surface area (Å²) < 4.78 is 32.8. The minimum atomic E-state index is -2.63. The number of rotatable bonds is 5. The number of halogens is 2. The summed E-state index contributed by atoms with van der Waals surface area (Å²) in [7, 11) is 0.